The van der Waals surface area contributed by atoms with E-state index in [9.17, 15) is 9.59 Å². The van der Waals surface area contributed by atoms with Gasteiger partial charge in [-0.3, -0.25) is 9.59 Å². The zero-order valence-electron chi connectivity index (χ0n) is 22.0. The Morgan fingerprint density at radius 3 is 2.91 bits per heavy atom. The topological polar surface area (TPSA) is 122 Å². The second-order valence-corrected chi connectivity index (χ2v) is 8.62. The van der Waals surface area contributed by atoms with Crippen molar-refractivity contribution in [1.29, 1.82) is 0 Å². The summed E-state index contributed by atoms with van der Waals surface area (Å²) in [5, 5.41) is 13.8. The van der Waals surface area contributed by atoms with E-state index < -0.39 is 6.98 Å². The van der Waals surface area contributed by atoms with Crippen molar-refractivity contribution < 1.29 is 18.4 Å². The van der Waals surface area contributed by atoms with Crippen molar-refractivity contribution in [1.82, 2.24) is 25.1 Å². The summed E-state index contributed by atoms with van der Waals surface area (Å²) >= 11 is 0. The van der Waals surface area contributed by atoms with Gasteiger partial charge in [0.15, 0.2) is 11.6 Å². The van der Waals surface area contributed by atoms with Crippen molar-refractivity contribution in [3.63, 3.8) is 0 Å². The molecule has 35 heavy (non-hydrogen) atoms. The second kappa shape index (κ2) is 9.64. The van der Waals surface area contributed by atoms with Gasteiger partial charge in [-0.1, -0.05) is 18.9 Å². The summed E-state index contributed by atoms with van der Waals surface area (Å²) in [4.78, 5) is 34.7. The van der Waals surface area contributed by atoms with E-state index >= 15 is 0 Å². The van der Waals surface area contributed by atoms with Gasteiger partial charge in [0.2, 0.25) is 11.8 Å². The molecule has 5 rings (SSSR count). The van der Waals surface area contributed by atoms with Crippen LogP contribution in [0.1, 0.15) is 34.3 Å². The predicted molar refractivity (Wildman–Crippen MR) is 129 cm³/mol. The first-order chi connectivity index (χ1) is 18.2. The van der Waals surface area contributed by atoms with Crippen LogP contribution < -0.4 is 10.6 Å². The molecule has 0 bridgehead atoms. The lowest BCUT2D eigenvalue weighted by Gasteiger charge is -2.26. The Morgan fingerprint density at radius 2 is 2.17 bits per heavy atom. The van der Waals surface area contributed by atoms with E-state index in [2.05, 4.69) is 42.6 Å². The van der Waals surface area contributed by atoms with Crippen LogP contribution in [-0.2, 0) is 20.9 Å². The van der Waals surface area contributed by atoms with Crippen molar-refractivity contribution in [3.8, 4) is 11.8 Å². The third-order valence-electron chi connectivity index (χ3n) is 6.05. The third kappa shape index (κ3) is 5.05. The molecule has 2 aliphatic rings. The van der Waals surface area contributed by atoms with Gasteiger partial charge in [0.1, 0.15) is 17.8 Å². The molecule has 3 aromatic rings. The fourth-order valence-corrected chi connectivity index (χ4v) is 3.85. The molecule has 1 aliphatic carbocycles. The fraction of sp³-hybridized carbons (Fsp3) is 0.360. The van der Waals surface area contributed by atoms with Gasteiger partial charge in [-0.2, -0.15) is 0 Å². The van der Waals surface area contributed by atoms with Crippen molar-refractivity contribution in [2.75, 3.05) is 37.4 Å². The average molecular weight is 475 g/mol. The van der Waals surface area contributed by atoms with Gasteiger partial charge in [0, 0.05) is 47.9 Å². The highest BCUT2D eigenvalue weighted by Crippen LogP contribution is 2.38. The number of hydrogen-bond acceptors (Lipinski definition) is 8. The van der Waals surface area contributed by atoms with Crippen LogP contribution in [0.4, 0.5) is 11.6 Å². The first-order valence-corrected chi connectivity index (χ1v) is 11.2. The van der Waals surface area contributed by atoms with Gasteiger partial charge in [-0.25, -0.2) is 9.97 Å². The molecule has 2 atom stereocenters. The summed E-state index contributed by atoms with van der Waals surface area (Å²) in [6, 6.07) is 5.23. The minimum absolute atomic E-state index is 0.0341. The molecular weight excluding hydrogens is 446 g/mol. The number of nitrogens with one attached hydrogen (secondary N) is 2. The number of ether oxygens (including phenoxy) is 1. The van der Waals surface area contributed by atoms with Crippen LogP contribution >= 0.6 is 0 Å². The van der Waals surface area contributed by atoms with Gasteiger partial charge in [0.05, 0.1) is 12.2 Å². The standard InChI is InChI=1S/C25H25N7O3/c1-15-9-19(15)25(34)29-21-10-20-17(12-28-24(26-2)23(20)31-30-21)4-6-18-5-3-16(11-27-18)13-32-7-8-35-14-22(32)33/h3,5,10-12,15,19H,7-9,13-14H2,1-2H3,(H,26,28)(H,29,30,34)/t15-,19+/m1/s1/i2D3. The summed E-state index contributed by atoms with van der Waals surface area (Å²) in [5.74, 6) is 6.39. The van der Waals surface area contributed by atoms with Gasteiger partial charge in [0.25, 0.3) is 0 Å². The van der Waals surface area contributed by atoms with Crippen LogP contribution in [0.2, 0.25) is 0 Å². The molecule has 2 N–H and O–H groups in total. The Bertz CT molecular complexity index is 1450. The van der Waals surface area contributed by atoms with Crippen LogP contribution in [-0.4, -0.2) is 63.6 Å². The Hall–Kier alpha value is -4.10. The molecule has 2 amide bonds. The van der Waals surface area contributed by atoms with Crippen LogP contribution in [0.15, 0.2) is 30.6 Å². The number of carbonyl (C=O) groups is 2. The van der Waals surface area contributed by atoms with Crippen molar-refractivity contribution in [3.05, 3.63) is 47.4 Å². The number of aromatic nitrogens is 4. The Kier molecular flexibility index (Phi) is 5.30. The van der Waals surface area contributed by atoms with Gasteiger partial charge in [-0.15, -0.1) is 10.2 Å². The van der Waals surface area contributed by atoms with Crippen molar-refractivity contribution in [2.24, 2.45) is 11.8 Å². The maximum Gasteiger partial charge on any atom is 0.248 e. The lowest BCUT2D eigenvalue weighted by molar-refractivity contribution is -0.143. The molecule has 0 unspecified atom stereocenters. The van der Waals surface area contributed by atoms with Gasteiger partial charge in [-0.05, 0) is 36.0 Å². The number of hydrogen-bond donors (Lipinski definition) is 2. The smallest absolute Gasteiger partial charge is 0.248 e. The molecule has 4 heterocycles. The Labute approximate surface area is 206 Å². The summed E-state index contributed by atoms with van der Waals surface area (Å²) in [5.41, 5.74) is 2.05. The zero-order valence-corrected chi connectivity index (χ0v) is 19.0. The second-order valence-electron chi connectivity index (χ2n) is 8.62. The molecule has 2 fully saturated rings. The van der Waals surface area contributed by atoms with E-state index in [1.807, 2.05) is 13.0 Å². The minimum atomic E-state index is -2.48. The molecule has 1 saturated heterocycles. The molecule has 1 saturated carbocycles. The Morgan fingerprint density at radius 1 is 1.29 bits per heavy atom. The average Bonchev–Trinajstić information content (AvgIpc) is 3.61. The maximum absolute atomic E-state index is 12.4. The van der Waals surface area contributed by atoms with E-state index in [-0.39, 0.29) is 41.5 Å². The first kappa shape index (κ1) is 19.2. The highest BCUT2D eigenvalue weighted by molar-refractivity contribution is 5.97. The van der Waals surface area contributed by atoms with E-state index in [1.54, 1.807) is 23.2 Å². The Balaban J connectivity index is 1.41. The quantitative estimate of drug-likeness (QED) is 0.537. The van der Waals surface area contributed by atoms with E-state index in [0.717, 1.165) is 12.0 Å². The van der Waals surface area contributed by atoms with E-state index in [1.165, 1.54) is 6.20 Å². The molecule has 10 heteroatoms. The van der Waals surface area contributed by atoms with E-state index in [0.29, 0.717) is 42.3 Å². The van der Waals surface area contributed by atoms with E-state index in [4.69, 9.17) is 8.85 Å². The van der Waals surface area contributed by atoms with Crippen LogP contribution in [0.5, 0.6) is 0 Å². The molecule has 1 aliphatic heterocycles. The largest absolute Gasteiger partial charge is 0.371 e. The summed E-state index contributed by atoms with van der Waals surface area (Å²) in [7, 11) is 0. The van der Waals surface area contributed by atoms with Crippen LogP contribution in [0, 0.1) is 23.7 Å². The van der Waals surface area contributed by atoms with Gasteiger partial charge >= 0.3 is 0 Å². The highest BCUT2D eigenvalue weighted by atomic mass is 16.5. The lowest BCUT2D eigenvalue weighted by atomic mass is 10.1. The number of rotatable bonds is 5. The zero-order chi connectivity index (χ0) is 26.9. The van der Waals surface area contributed by atoms with Crippen molar-refractivity contribution in [2.45, 2.75) is 19.9 Å². The molecule has 178 valence electrons. The number of amides is 2. The fourth-order valence-electron chi connectivity index (χ4n) is 3.85. The normalized spacial score (nSPS) is 20.8. The molecule has 3 aromatic heterocycles. The summed E-state index contributed by atoms with van der Waals surface area (Å²) < 4.78 is 27.7. The molecule has 0 spiro atoms. The van der Waals surface area contributed by atoms with Crippen LogP contribution in [0.25, 0.3) is 10.9 Å². The predicted octanol–water partition coefficient (Wildman–Crippen LogP) is 1.81. The lowest BCUT2D eigenvalue weighted by Crippen LogP contribution is -2.40. The highest BCUT2D eigenvalue weighted by Gasteiger charge is 2.39. The number of nitrogens with zero attached hydrogens (tertiary/aromatic N) is 5. The third-order valence-corrected chi connectivity index (χ3v) is 6.05. The molecule has 0 aromatic carbocycles. The molecule has 10 nitrogen and oxygen atoms in total. The maximum atomic E-state index is 12.4. The summed E-state index contributed by atoms with van der Waals surface area (Å²) in [6.07, 6.45) is 3.94. The first-order valence-electron chi connectivity index (χ1n) is 12.7. The number of anilines is 2. The SMILES string of the molecule is [2H]C([2H])([2H])Nc1ncc(C#Cc2ccc(CN3CCOCC3=O)cn2)c2cc(NC(=O)[C@H]3C[C@H]3C)nnc12. The molecule has 0 radical (unpaired) electrons. The number of fused-ring (bicyclic) bond motifs is 1. The molecular formula is C25H25N7O3. The van der Waals surface area contributed by atoms with Gasteiger partial charge < -0.3 is 20.3 Å². The summed E-state index contributed by atoms with van der Waals surface area (Å²) in [6.45, 7) is 1.11. The number of morpholine rings is 1. The minimum Gasteiger partial charge on any atom is -0.371 e. The monoisotopic (exact) mass is 474 g/mol. The number of carbonyl (C=O) groups excluding carboxylic acids is 2. The van der Waals surface area contributed by atoms with Crippen molar-refractivity contribution >= 4 is 34.4 Å². The van der Waals surface area contributed by atoms with Crippen LogP contribution in [0.3, 0.4) is 0 Å². The number of pyridine rings is 2.